The Morgan fingerprint density at radius 2 is 0.615 bits per heavy atom. The molecule has 4 fully saturated rings. The van der Waals surface area contributed by atoms with E-state index in [1.165, 1.54) is 130 Å². The lowest BCUT2D eigenvalue weighted by Gasteiger charge is -2.04. The van der Waals surface area contributed by atoms with Gasteiger partial charge in [0, 0.05) is 52.4 Å². The topological polar surface area (TPSA) is 36.1 Å². The van der Waals surface area contributed by atoms with Crippen LogP contribution in [-0.4, -0.2) is 124 Å². The first kappa shape index (κ1) is 20.5. The number of hydrogen-bond acceptors (Lipinski definition) is 6. The van der Waals surface area contributed by atoms with Gasteiger partial charge in [0.25, 0.3) is 0 Å². The van der Waals surface area contributed by atoms with E-state index in [1.54, 1.807) is 0 Å². The largest absolute Gasteiger partial charge is 0.317 e. The molecule has 0 aromatic carbocycles. The van der Waals surface area contributed by atoms with Crippen molar-refractivity contribution in [3.63, 3.8) is 0 Å². The molecule has 4 heterocycles. The molecule has 0 radical (unpaired) electrons. The van der Waals surface area contributed by atoms with Gasteiger partial charge < -0.3 is 30.2 Å². The molecule has 6 nitrogen and oxygen atoms in total. The van der Waals surface area contributed by atoms with Crippen LogP contribution in [0, 0.1) is 0 Å². The van der Waals surface area contributed by atoms with Crippen molar-refractivity contribution in [1.29, 1.82) is 0 Å². The maximum atomic E-state index is 3.50. The van der Waals surface area contributed by atoms with Crippen LogP contribution in [0.2, 0.25) is 0 Å². The van der Waals surface area contributed by atoms with Gasteiger partial charge in [-0.15, -0.1) is 0 Å². The second-order valence-electron chi connectivity index (χ2n) is 8.28. The van der Waals surface area contributed by atoms with E-state index in [0.29, 0.717) is 0 Å². The molecular weight excluding hydrogens is 324 g/mol. The molecule has 0 aromatic rings. The van der Waals surface area contributed by atoms with Crippen LogP contribution in [0.3, 0.4) is 0 Å². The number of nitrogens with zero attached hydrogens (tertiary/aromatic N) is 4. The summed E-state index contributed by atoms with van der Waals surface area (Å²) in [5.74, 6) is 0. The number of hydrogen-bond donors (Lipinski definition) is 2. The van der Waals surface area contributed by atoms with Crippen molar-refractivity contribution in [2.24, 2.45) is 0 Å². The first-order valence-electron chi connectivity index (χ1n) is 11.2. The summed E-state index contributed by atoms with van der Waals surface area (Å²) in [5.41, 5.74) is 0. The van der Waals surface area contributed by atoms with Gasteiger partial charge in [-0.2, -0.15) is 0 Å². The molecule has 4 aliphatic heterocycles. The zero-order valence-corrected chi connectivity index (χ0v) is 16.9. The fraction of sp³-hybridized carbons (Fsp3) is 1.00. The average molecular weight is 367 g/mol. The van der Waals surface area contributed by atoms with E-state index in [-0.39, 0.29) is 0 Å². The van der Waals surface area contributed by atoms with Crippen LogP contribution in [-0.2, 0) is 0 Å². The van der Waals surface area contributed by atoms with Gasteiger partial charge in [-0.1, -0.05) is 0 Å². The van der Waals surface area contributed by atoms with Crippen LogP contribution in [0.15, 0.2) is 0 Å². The fourth-order valence-electron chi connectivity index (χ4n) is 3.14. The van der Waals surface area contributed by atoms with Crippen molar-refractivity contribution in [3.8, 4) is 0 Å². The van der Waals surface area contributed by atoms with Crippen LogP contribution >= 0.6 is 0 Å². The molecule has 0 bridgehead atoms. The molecular formula is C20H42N6. The summed E-state index contributed by atoms with van der Waals surface area (Å²) < 4.78 is 0. The smallest absolute Gasteiger partial charge is 0.0110 e. The summed E-state index contributed by atoms with van der Waals surface area (Å²) in [6.07, 6.45) is 5.29. The van der Waals surface area contributed by atoms with E-state index in [9.17, 15) is 0 Å². The molecule has 0 spiro atoms. The van der Waals surface area contributed by atoms with Crippen molar-refractivity contribution in [1.82, 2.24) is 30.2 Å². The molecule has 0 saturated carbocycles. The Hall–Kier alpha value is -0.240. The van der Waals surface area contributed by atoms with Crippen molar-refractivity contribution in [3.05, 3.63) is 0 Å². The molecule has 0 aliphatic carbocycles. The van der Waals surface area contributed by atoms with E-state index in [2.05, 4.69) is 30.2 Å². The van der Waals surface area contributed by atoms with Crippen LogP contribution in [0.5, 0.6) is 0 Å². The summed E-state index contributed by atoms with van der Waals surface area (Å²) in [6, 6.07) is 0. The van der Waals surface area contributed by atoms with E-state index >= 15 is 0 Å². The Kier molecular flexibility index (Phi) is 9.67. The first-order chi connectivity index (χ1) is 12.9. The van der Waals surface area contributed by atoms with Gasteiger partial charge in [-0.3, -0.25) is 0 Å². The molecule has 26 heavy (non-hydrogen) atoms. The Morgan fingerprint density at radius 1 is 0.385 bits per heavy atom. The van der Waals surface area contributed by atoms with Gasteiger partial charge >= 0.3 is 0 Å². The molecule has 0 atom stereocenters. The number of rotatable bonds is 16. The maximum absolute atomic E-state index is 3.50. The third kappa shape index (κ3) is 12.2. The molecule has 4 saturated heterocycles. The molecule has 0 aromatic heterocycles. The zero-order chi connectivity index (χ0) is 17.9. The van der Waals surface area contributed by atoms with Gasteiger partial charge in [0.05, 0.1) is 0 Å². The molecule has 0 unspecified atom stereocenters. The zero-order valence-electron chi connectivity index (χ0n) is 16.9. The van der Waals surface area contributed by atoms with Gasteiger partial charge in [-0.25, -0.2) is 0 Å². The van der Waals surface area contributed by atoms with Crippen molar-refractivity contribution in [2.75, 3.05) is 105 Å². The van der Waals surface area contributed by atoms with Crippen LogP contribution in [0.4, 0.5) is 0 Å². The summed E-state index contributed by atoms with van der Waals surface area (Å²) in [6.45, 7) is 20.8. The van der Waals surface area contributed by atoms with Gasteiger partial charge in [0.1, 0.15) is 0 Å². The third-order valence-corrected chi connectivity index (χ3v) is 5.47. The standard InChI is InChI=1S/2C10H21N3/c2*1(5-12-7-8-12)3-11-4-2-6-13-9-10-13/h2*11H,1-10H2. The fourth-order valence-corrected chi connectivity index (χ4v) is 3.14. The minimum absolute atomic E-state index is 1.20. The Balaban J connectivity index is 0.000000151. The predicted molar refractivity (Wildman–Crippen MR) is 110 cm³/mol. The normalized spacial score (nSPS) is 22.2. The summed E-state index contributed by atoms with van der Waals surface area (Å²) in [4.78, 5) is 9.93. The monoisotopic (exact) mass is 366 g/mol. The van der Waals surface area contributed by atoms with Crippen molar-refractivity contribution < 1.29 is 0 Å². The van der Waals surface area contributed by atoms with Crippen LogP contribution in [0.1, 0.15) is 25.7 Å². The minimum Gasteiger partial charge on any atom is -0.317 e. The highest BCUT2D eigenvalue weighted by Gasteiger charge is 2.17. The van der Waals surface area contributed by atoms with Crippen molar-refractivity contribution >= 4 is 0 Å². The van der Waals surface area contributed by atoms with Crippen LogP contribution in [0.25, 0.3) is 0 Å². The highest BCUT2D eigenvalue weighted by molar-refractivity contribution is 4.74. The second kappa shape index (κ2) is 12.3. The van der Waals surface area contributed by atoms with Gasteiger partial charge in [0.2, 0.25) is 0 Å². The molecule has 0 amide bonds. The lowest BCUT2D eigenvalue weighted by molar-refractivity contribution is 0.487. The molecule has 4 aliphatic rings. The lowest BCUT2D eigenvalue weighted by Crippen LogP contribution is -2.20. The van der Waals surface area contributed by atoms with Gasteiger partial charge in [-0.05, 0) is 78.0 Å². The highest BCUT2D eigenvalue weighted by atomic mass is 15.3. The van der Waals surface area contributed by atoms with Crippen LogP contribution < -0.4 is 10.6 Å². The maximum Gasteiger partial charge on any atom is 0.0110 e. The summed E-state index contributed by atoms with van der Waals surface area (Å²) in [7, 11) is 0. The lowest BCUT2D eigenvalue weighted by atomic mass is 10.4. The second-order valence-corrected chi connectivity index (χ2v) is 8.28. The van der Waals surface area contributed by atoms with E-state index in [0.717, 1.165) is 0 Å². The minimum atomic E-state index is 1.20. The Morgan fingerprint density at radius 3 is 0.808 bits per heavy atom. The first-order valence-corrected chi connectivity index (χ1v) is 11.2. The molecule has 4 rings (SSSR count). The Labute approximate surface area is 161 Å². The van der Waals surface area contributed by atoms with Gasteiger partial charge in [0.15, 0.2) is 0 Å². The van der Waals surface area contributed by atoms with E-state index in [1.807, 2.05) is 0 Å². The summed E-state index contributed by atoms with van der Waals surface area (Å²) >= 11 is 0. The molecule has 6 heteroatoms. The quantitative estimate of drug-likeness (QED) is 0.295. The highest BCUT2D eigenvalue weighted by Crippen LogP contribution is 2.04. The molecule has 2 N–H and O–H groups in total. The number of nitrogens with one attached hydrogen (secondary N) is 2. The van der Waals surface area contributed by atoms with E-state index < -0.39 is 0 Å². The van der Waals surface area contributed by atoms with Crippen molar-refractivity contribution in [2.45, 2.75) is 25.7 Å². The average Bonchev–Trinajstić information content (AvgIpc) is 3.47. The predicted octanol–water partition coefficient (Wildman–Crippen LogP) is -0.0252. The summed E-state index contributed by atoms with van der Waals surface area (Å²) in [5, 5.41) is 7.00. The Bertz CT molecular complexity index is 284. The van der Waals surface area contributed by atoms with E-state index in [4.69, 9.17) is 0 Å². The third-order valence-electron chi connectivity index (χ3n) is 5.47. The molecule has 152 valence electrons. The SMILES string of the molecule is C(CNCCCN1CC1)CN1CC1.C(CNCCCN1CC1)CN1CC1.